The van der Waals surface area contributed by atoms with Crippen LogP contribution in [0.2, 0.25) is 0 Å². The van der Waals surface area contributed by atoms with Crippen molar-refractivity contribution in [2.45, 2.75) is 0 Å². The van der Waals surface area contributed by atoms with E-state index in [0.29, 0.717) is 0 Å². The summed E-state index contributed by atoms with van der Waals surface area (Å²) in [4.78, 5) is 2.40. The van der Waals surface area contributed by atoms with Gasteiger partial charge in [-0.1, -0.05) is 249 Å². The van der Waals surface area contributed by atoms with Crippen molar-refractivity contribution in [3.8, 4) is 77.9 Å². The molecule has 1 nitrogen and oxygen atoms in total. The summed E-state index contributed by atoms with van der Waals surface area (Å²) < 4.78 is 0. The van der Waals surface area contributed by atoms with Gasteiger partial charge in [0, 0.05) is 16.9 Å². The van der Waals surface area contributed by atoms with Crippen molar-refractivity contribution in [2.24, 2.45) is 0 Å². The maximum absolute atomic E-state index is 2.40. The first-order valence-electron chi connectivity index (χ1n) is 23.8. The molecule has 0 heterocycles. The van der Waals surface area contributed by atoms with E-state index in [4.69, 9.17) is 0 Å². The Labute approximate surface area is 404 Å². The van der Waals surface area contributed by atoms with Gasteiger partial charge in [0.2, 0.25) is 0 Å². The van der Waals surface area contributed by atoms with Crippen LogP contribution < -0.4 is 4.90 Å². The number of hydrogen-bond donors (Lipinski definition) is 0. The molecule has 0 aliphatic rings. The average molecular weight is 878 g/mol. The number of fused-ring (bicyclic) bond motifs is 3. The Bertz CT molecular complexity index is 3720. The second-order valence-corrected chi connectivity index (χ2v) is 17.6. The first kappa shape index (κ1) is 41.4. The molecular weight excluding hydrogens is 831 g/mol. The van der Waals surface area contributed by atoms with Crippen molar-refractivity contribution < 1.29 is 0 Å². The third-order valence-electron chi connectivity index (χ3n) is 13.5. The zero-order valence-electron chi connectivity index (χ0n) is 38.1. The summed E-state index contributed by atoms with van der Waals surface area (Å²) in [5.74, 6) is 0. The van der Waals surface area contributed by atoms with Gasteiger partial charge in [-0.2, -0.15) is 0 Å². The lowest BCUT2D eigenvalue weighted by molar-refractivity contribution is 1.28. The third kappa shape index (κ3) is 7.86. The Morgan fingerprint density at radius 1 is 0.203 bits per heavy atom. The van der Waals surface area contributed by atoms with Gasteiger partial charge in [0.15, 0.2) is 0 Å². The number of para-hydroxylation sites is 1. The molecule has 0 aliphatic carbocycles. The van der Waals surface area contributed by atoms with Crippen molar-refractivity contribution in [1.82, 2.24) is 0 Å². The number of nitrogens with zero attached hydrogens (tertiary/aromatic N) is 1. The molecule has 0 aliphatic heterocycles. The van der Waals surface area contributed by atoms with Crippen LogP contribution in [0.3, 0.4) is 0 Å². The SMILES string of the molecule is c1ccc(-c2ccc(-c3ccc(N(c4ccc(-c5cccc6c(-c7ccccc7)c(-c7ccccc7)c7ccccc7c56)cc4)c4ccccc4-c4ccccc4)cc3)cc2-c2ccccc2)cc1. The highest BCUT2D eigenvalue weighted by molar-refractivity contribution is 6.25. The molecule has 0 spiro atoms. The topological polar surface area (TPSA) is 3.24 Å². The van der Waals surface area contributed by atoms with E-state index in [1.807, 2.05) is 0 Å². The lowest BCUT2D eigenvalue weighted by Crippen LogP contribution is -2.11. The Balaban J connectivity index is 0.991. The summed E-state index contributed by atoms with van der Waals surface area (Å²) in [5, 5.41) is 4.99. The van der Waals surface area contributed by atoms with Gasteiger partial charge in [-0.15, -0.1) is 0 Å². The average Bonchev–Trinajstić information content (AvgIpc) is 3.44. The van der Waals surface area contributed by atoms with Gasteiger partial charge in [-0.3, -0.25) is 0 Å². The van der Waals surface area contributed by atoms with Crippen molar-refractivity contribution in [3.63, 3.8) is 0 Å². The van der Waals surface area contributed by atoms with Crippen molar-refractivity contribution >= 4 is 38.6 Å². The predicted molar refractivity (Wildman–Crippen MR) is 294 cm³/mol. The first-order valence-corrected chi connectivity index (χ1v) is 23.8. The lowest BCUT2D eigenvalue weighted by Gasteiger charge is -2.28. The van der Waals surface area contributed by atoms with Gasteiger partial charge >= 0.3 is 0 Å². The van der Waals surface area contributed by atoms with Gasteiger partial charge < -0.3 is 4.90 Å². The highest BCUT2D eigenvalue weighted by atomic mass is 15.1. The summed E-state index contributed by atoms with van der Waals surface area (Å²) >= 11 is 0. The van der Waals surface area contributed by atoms with Gasteiger partial charge in [0.1, 0.15) is 0 Å². The van der Waals surface area contributed by atoms with E-state index in [2.05, 4.69) is 290 Å². The van der Waals surface area contributed by atoms with Gasteiger partial charge in [-0.25, -0.2) is 0 Å². The molecule has 0 saturated heterocycles. The van der Waals surface area contributed by atoms with E-state index in [1.54, 1.807) is 0 Å². The van der Waals surface area contributed by atoms with Crippen LogP contribution in [0.25, 0.3) is 99.4 Å². The van der Waals surface area contributed by atoms with Crippen LogP contribution in [0.1, 0.15) is 0 Å². The normalized spacial score (nSPS) is 11.2. The molecule has 0 fully saturated rings. The second-order valence-electron chi connectivity index (χ2n) is 17.6. The van der Waals surface area contributed by atoms with Gasteiger partial charge in [0.25, 0.3) is 0 Å². The summed E-state index contributed by atoms with van der Waals surface area (Å²) in [6.45, 7) is 0. The predicted octanol–water partition coefficient (Wildman–Crippen LogP) is 19.1. The van der Waals surface area contributed by atoms with Crippen LogP contribution in [0.4, 0.5) is 17.1 Å². The Kier molecular flexibility index (Phi) is 11.0. The van der Waals surface area contributed by atoms with Crippen LogP contribution in [-0.4, -0.2) is 0 Å². The number of rotatable bonds is 10. The maximum Gasteiger partial charge on any atom is 0.0540 e. The van der Waals surface area contributed by atoms with Crippen LogP contribution >= 0.6 is 0 Å². The molecule has 0 radical (unpaired) electrons. The molecule has 69 heavy (non-hydrogen) atoms. The van der Waals surface area contributed by atoms with E-state index < -0.39 is 0 Å². The fourth-order valence-corrected chi connectivity index (χ4v) is 10.3. The van der Waals surface area contributed by atoms with Crippen LogP contribution in [0, 0.1) is 0 Å². The molecule has 0 unspecified atom stereocenters. The fourth-order valence-electron chi connectivity index (χ4n) is 10.3. The standard InChI is InChI=1S/C68H47N/c1-6-21-49(22-7-1)58-46-41-55(47-64(58)51-25-10-3-11-26-51)48-37-42-56(43-38-48)69(65-36-19-18-31-59(65)50-23-8-2-9-24-50)57-44-39-52(40-45-57)60-34-20-35-63-67(54-29-14-5-15-30-54)66(53-27-12-4-13-28-53)61-32-16-17-33-62(61)68(60)63/h1-47H. The van der Waals surface area contributed by atoms with Crippen molar-refractivity contribution in [3.05, 3.63) is 285 Å². The maximum atomic E-state index is 2.40. The molecule has 0 aromatic heterocycles. The Morgan fingerprint density at radius 2 is 0.594 bits per heavy atom. The molecule has 12 rings (SSSR count). The number of anilines is 3. The fraction of sp³-hybridized carbons (Fsp3) is 0. The summed E-state index contributed by atoms with van der Waals surface area (Å²) in [6.07, 6.45) is 0. The molecular formula is C68H47N. The van der Waals surface area contributed by atoms with Crippen LogP contribution in [0.5, 0.6) is 0 Å². The molecule has 12 aromatic rings. The number of benzene rings is 12. The second kappa shape index (κ2) is 18.3. The van der Waals surface area contributed by atoms with E-state index in [0.717, 1.165) is 22.6 Å². The monoisotopic (exact) mass is 877 g/mol. The summed E-state index contributed by atoms with van der Waals surface area (Å²) in [7, 11) is 0. The molecule has 0 N–H and O–H groups in total. The van der Waals surface area contributed by atoms with E-state index in [-0.39, 0.29) is 0 Å². The molecule has 324 valence electrons. The zero-order valence-corrected chi connectivity index (χ0v) is 38.1. The molecule has 0 atom stereocenters. The van der Waals surface area contributed by atoms with Crippen molar-refractivity contribution in [2.75, 3.05) is 4.90 Å². The number of hydrogen-bond acceptors (Lipinski definition) is 1. The molecule has 12 aromatic carbocycles. The third-order valence-corrected chi connectivity index (χ3v) is 13.5. The van der Waals surface area contributed by atoms with Crippen molar-refractivity contribution in [1.29, 1.82) is 0 Å². The van der Waals surface area contributed by atoms with Crippen LogP contribution in [-0.2, 0) is 0 Å². The molecule has 0 amide bonds. The van der Waals surface area contributed by atoms with E-state index in [1.165, 1.54) is 93.9 Å². The smallest absolute Gasteiger partial charge is 0.0540 e. The first-order chi connectivity index (χ1) is 34.3. The largest absolute Gasteiger partial charge is 0.310 e. The molecule has 1 heteroatoms. The van der Waals surface area contributed by atoms with Gasteiger partial charge in [0.05, 0.1) is 5.69 Å². The Hall–Kier alpha value is -9.04. The summed E-state index contributed by atoms with van der Waals surface area (Å²) in [5.41, 5.74) is 20.1. The quantitative estimate of drug-likeness (QED) is 0.124. The lowest BCUT2D eigenvalue weighted by atomic mass is 9.83. The van der Waals surface area contributed by atoms with E-state index in [9.17, 15) is 0 Å². The molecule has 0 bridgehead atoms. The van der Waals surface area contributed by atoms with Gasteiger partial charge in [-0.05, 0) is 130 Å². The minimum Gasteiger partial charge on any atom is -0.310 e. The highest BCUT2D eigenvalue weighted by Crippen LogP contribution is 2.48. The molecule has 0 saturated carbocycles. The van der Waals surface area contributed by atoms with E-state index >= 15 is 0 Å². The minimum absolute atomic E-state index is 1.08. The summed E-state index contributed by atoms with van der Waals surface area (Å²) in [6, 6.07) is 104. The Morgan fingerprint density at radius 3 is 1.17 bits per heavy atom. The highest BCUT2D eigenvalue weighted by Gasteiger charge is 2.22. The zero-order chi connectivity index (χ0) is 45.9. The van der Waals surface area contributed by atoms with Crippen LogP contribution in [0.15, 0.2) is 285 Å². The minimum atomic E-state index is 1.08.